The number of Topliss-reactive ketones (excluding diaryl/α,β-unsaturated/α-hetero) is 1. The lowest BCUT2D eigenvalue weighted by Gasteiger charge is -2.07. The minimum atomic E-state index is 0.0111. The molecule has 1 aromatic carbocycles. The monoisotopic (exact) mass is 228 g/mol. The molecule has 2 aromatic rings. The minimum absolute atomic E-state index is 0.0111. The van der Waals surface area contributed by atoms with Crippen LogP contribution in [0.3, 0.4) is 0 Å². The lowest BCUT2D eigenvalue weighted by molar-refractivity contribution is 0.101. The summed E-state index contributed by atoms with van der Waals surface area (Å²) in [6.07, 6.45) is 3.46. The van der Waals surface area contributed by atoms with Crippen LogP contribution < -0.4 is 4.74 Å². The SMILES string of the molecule is CC(=O)c1ccc(OC(=N)n2cccc2)cc1. The average molecular weight is 228 g/mol. The number of carbonyl (C=O) groups excluding carboxylic acids is 1. The van der Waals surface area contributed by atoms with E-state index < -0.39 is 0 Å². The van der Waals surface area contributed by atoms with Gasteiger partial charge in [-0.05, 0) is 43.3 Å². The van der Waals surface area contributed by atoms with Crippen LogP contribution in [0.1, 0.15) is 17.3 Å². The maximum atomic E-state index is 11.1. The Morgan fingerprint density at radius 1 is 1.18 bits per heavy atom. The third-order valence-corrected chi connectivity index (χ3v) is 2.31. The number of hydrogen-bond donors (Lipinski definition) is 1. The molecule has 1 N–H and O–H groups in total. The van der Waals surface area contributed by atoms with E-state index in [1.807, 2.05) is 12.1 Å². The van der Waals surface area contributed by atoms with Crippen LogP contribution in [0.15, 0.2) is 48.8 Å². The van der Waals surface area contributed by atoms with Gasteiger partial charge in [0, 0.05) is 18.0 Å². The van der Waals surface area contributed by atoms with Crippen LogP contribution in [0.2, 0.25) is 0 Å². The van der Waals surface area contributed by atoms with Crippen LogP contribution in [-0.2, 0) is 0 Å². The van der Waals surface area contributed by atoms with Gasteiger partial charge in [-0.2, -0.15) is 0 Å². The number of rotatable bonds is 2. The minimum Gasteiger partial charge on any atom is -0.426 e. The third kappa shape index (κ3) is 2.60. The largest absolute Gasteiger partial charge is 0.426 e. The van der Waals surface area contributed by atoms with Gasteiger partial charge in [-0.3, -0.25) is 14.8 Å². The molecule has 1 aromatic heterocycles. The number of aromatic nitrogens is 1. The number of carbonyl (C=O) groups is 1. The van der Waals surface area contributed by atoms with E-state index in [1.54, 1.807) is 41.2 Å². The van der Waals surface area contributed by atoms with E-state index in [4.69, 9.17) is 10.1 Å². The van der Waals surface area contributed by atoms with Gasteiger partial charge in [-0.15, -0.1) is 0 Å². The first-order chi connectivity index (χ1) is 8.16. The molecule has 17 heavy (non-hydrogen) atoms. The van der Waals surface area contributed by atoms with Crippen LogP contribution in [0.25, 0.3) is 0 Å². The molecule has 4 heteroatoms. The van der Waals surface area contributed by atoms with E-state index in [2.05, 4.69) is 0 Å². The first-order valence-electron chi connectivity index (χ1n) is 5.17. The molecular formula is C13H12N2O2. The Labute approximate surface area is 99.0 Å². The van der Waals surface area contributed by atoms with Gasteiger partial charge in [0.1, 0.15) is 5.75 Å². The van der Waals surface area contributed by atoms with Crippen LogP contribution in [-0.4, -0.2) is 16.4 Å². The van der Waals surface area contributed by atoms with Gasteiger partial charge in [-0.25, -0.2) is 0 Å². The summed E-state index contributed by atoms with van der Waals surface area (Å²) in [4.78, 5) is 11.1. The van der Waals surface area contributed by atoms with Crippen molar-refractivity contribution >= 4 is 11.8 Å². The summed E-state index contributed by atoms with van der Waals surface area (Å²) < 4.78 is 6.88. The van der Waals surface area contributed by atoms with Crippen molar-refractivity contribution in [1.29, 1.82) is 5.41 Å². The van der Waals surface area contributed by atoms with Crippen LogP contribution in [0, 0.1) is 5.41 Å². The summed E-state index contributed by atoms with van der Waals surface area (Å²) in [7, 11) is 0. The summed E-state index contributed by atoms with van der Waals surface area (Å²) in [5.74, 6) is 0.547. The average Bonchev–Trinajstić information content (AvgIpc) is 2.83. The van der Waals surface area contributed by atoms with E-state index in [0.29, 0.717) is 11.3 Å². The van der Waals surface area contributed by atoms with E-state index in [9.17, 15) is 4.79 Å². The van der Waals surface area contributed by atoms with E-state index >= 15 is 0 Å². The molecule has 4 nitrogen and oxygen atoms in total. The molecule has 0 atom stereocenters. The molecule has 0 aliphatic carbocycles. The second-order valence-electron chi connectivity index (χ2n) is 3.58. The van der Waals surface area contributed by atoms with Crippen molar-refractivity contribution in [2.24, 2.45) is 0 Å². The molecule has 0 bridgehead atoms. The second kappa shape index (κ2) is 4.65. The van der Waals surface area contributed by atoms with Gasteiger partial charge in [0.05, 0.1) is 0 Å². The molecule has 2 rings (SSSR count). The first-order valence-corrected chi connectivity index (χ1v) is 5.17. The number of ketones is 1. The molecule has 0 saturated heterocycles. The smallest absolute Gasteiger partial charge is 0.298 e. The number of ether oxygens (including phenoxy) is 1. The fraction of sp³-hybridized carbons (Fsp3) is 0.0769. The van der Waals surface area contributed by atoms with Gasteiger partial charge >= 0.3 is 0 Å². The number of benzene rings is 1. The molecule has 0 aliphatic heterocycles. The summed E-state index contributed by atoms with van der Waals surface area (Å²) in [5, 5.41) is 7.70. The van der Waals surface area contributed by atoms with Gasteiger partial charge in [-0.1, -0.05) is 0 Å². The maximum Gasteiger partial charge on any atom is 0.298 e. The highest BCUT2D eigenvalue weighted by Crippen LogP contribution is 2.13. The van der Waals surface area contributed by atoms with Crippen molar-refractivity contribution in [3.63, 3.8) is 0 Å². The van der Waals surface area contributed by atoms with E-state index in [1.165, 1.54) is 6.92 Å². The van der Waals surface area contributed by atoms with Gasteiger partial charge < -0.3 is 4.74 Å². The zero-order chi connectivity index (χ0) is 12.3. The van der Waals surface area contributed by atoms with Crippen molar-refractivity contribution in [3.05, 3.63) is 54.4 Å². The predicted octanol–water partition coefficient (Wildman–Crippen LogP) is 2.55. The molecule has 0 radical (unpaired) electrons. The Hall–Kier alpha value is -2.36. The van der Waals surface area contributed by atoms with E-state index in [0.717, 1.165) is 0 Å². The standard InChI is InChI=1S/C13H12N2O2/c1-10(16)11-4-6-12(7-5-11)17-13(14)15-8-2-3-9-15/h2-9,14H,1H3. The Balaban J connectivity index is 2.09. The van der Waals surface area contributed by atoms with Crippen molar-refractivity contribution in [2.75, 3.05) is 0 Å². The molecule has 0 aliphatic rings. The molecule has 0 saturated carbocycles. The third-order valence-electron chi connectivity index (χ3n) is 2.31. The molecule has 1 heterocycles. The second-order valence-corrected chi connectivity index (χ2v) is 3.58. The van der Waals surface area contributed by atoms with Crippen molar-refractivity contribution in [1.82, 2.24) is 4.57 Å². The zero-order valence-corrected chi connectivity index (χ0v) is 9.38. The summed E-state index contributed by atoms with van der Waals surface area (Å²) in [6.45, 7) is 1.51. The fourth-order valence-electron chi connectivity index (χ4n) is 1.39. The Morgan fingerprint density at radius 2 is 1.76 bits per heavy atom. The zero-order valence-electron chi connectivity index (χ0n) is 9.38. The summed E-state index contributed by atoms with van der Waals surface area (Å²) in [5.41, 5.74) is 0.629. The fourth-order valence-corrected chi connectivity index (χ4v) is 1.39. The number of nitrogens with zero attached hydrogens (tertiary/aromatic N) is 1. The topological polar surface area (TPSA) is 55.1 Å². The highest BCUT2D eigenvalue weighted by Gasteiger charge is 2.03. The Morgan fingerprint density at radius 3 is 2.29 bits per heavy atom. The summed E-state index contributed by atoms with van der Waals surface area (Å²) >= 11 is 0. The molecule has 0 spiro atoms. The first kappa shape index (κ1) is 11.1. The molecule has 0 unspecified atom stereocenters. The van der Waals surface area contributed by atoms with Gasteiger partial charge in [0.25, 0.3) is 6.02 Å². The highest BCUT2D eigenvalue weighted by atomic mass is 16.5. The van der Waals surface area contributed by atoms with Gasteiger partial charge in [0.15, 0.2) is 5.78 Å². The molecular weight excluding hydrogens is 216 g/mol. The molecule has 0 fully saturated rings. The van der Waals surface area contributed by atoms with Crippen molar-refractivity contribution in [3.8, 4) is 5.75 Å². The lowest BCUT2D eigenvalue weighted by atomic mass is 10.1. The van der Waals surface area contributed by atoms with Crippen LogP contribution in [0.4, 0.5) is 0 Å². The van der Waals surface area contributed by atoms with Crippen LogP contribution >= 0.6 is 0 Å². The van der Waals surface area contributed by atoms with E-state index in [-0.39, 0.29) is 11.8 Å². The maximum absolute atomic E-state index is 11.1. The summed E-state index contributed by atoms with van der Waals surface area (Å²) in [6, 6.07) is 10.4. The normalized spacial score (nSPS) is 9.94. The predicted molar refractivity (Wildman–Crippen MR) is 64.6 cm³/mol. The number of hydrogen-bond acceptors (Lipinski definition) is 3. The molecule has 0 amide bonds. The number of nitrogens with one attached hydrogen (secondary N) is 1. The van der Waals surface area contributed by atoms with Crippen LogP contribution in [0.5, 0.6) is 5.75 Å². The van der Waals surface area contributed by atoms with Crippen molar-refractivity contribution in [2.45, 2.75) is 6.92 Å². The Kier molecular flexibility index (Phi) is 3.05. The lowest BCUT2D eigenvalue weighted by Crippen LogP contribution is -2.15. The van der Waals surface area contributed by atoms with Gasteiger partial charge in [0.2, 0.25) is 0 Å². The van der Waals surface area contributed by atoms with Crippen molar-refractivity contribution < 1.29 is 9.53 Å². The molecule has 86 valence electrons. The Bertz CT molecular complexity index is 527. The quantitative estimate of drug-likeness (QED) is 0.488. The highest BCUT2D eigenvalue weighted by molar-refractivity contribution is 5.94.